The van der Waals surface area contributed by atoms with E-state index >= 15 is 0 Å². The molecule has 0 aliphatic carbocycles. The average molecular weight is 434 g/mol. The number of halogens is 2. The molecule has 3 aliphatic heterocycles. The molecular weight excluding hydrogens is 401 g/mol. The Balaban J connectivity index is 0.00000140. The van der Waals surface area contributed by atoms with E-state index in [2.05, 4.69) is 31.4 Å². The standard InChI is InChI=1S/C19H31N5O2.2ClH/c25-19(15-3-1-7-23(14-15)17-4-9-26-10-5-17)21-12-16-11-18-13-20-6-2-8-24(18)22-16;;/h11,15,17,20H,1-10,12-14H2,(H,21,25);2*1H. The molecule has 2 N–H and O–H groups in total. The molecule has 0 aromatic carbocycles. The van der Waals surface area contributed by atoms with Crippen LogP contribution < -0.4 is 10.6 Å². The summed E-state index contributed by atoms with van der Waals surface area (Å²) in [7, 11) is 0. The highest BCUT2D eigenvalue weighted by Crippen LogP contribution is 2.23. The van der Waals surface area contributed by atoms with E-state index in [0.29, 0.717) is 12.6 Å². The average Bonchev–Trinajstić information content (AvgIpc) is 2.96. The molecule has 4 heterocycles. The SMILES string of the molecule is Cl.Cl.O=C(NCc1cc2n(n1)CCCNC2)C1CCCN(C2CCOCC2)C1. The van der Waals surface area contributed by atoms with E-state index in [-0.39, 0.29) is 36.6 Å². The highest BCUT2D eigenvalue weighted by molar-refractivity contribution is 5.85. The zero-order valence-corrected chi connectivity index (χ0v) is 18.0. The monoisotopic (exact) mass is 433 g/mol. The number of hydrogen-bond donors (Lipinski definition) is 2. The summed E-state index contributed by atoms with van der Waals surface area (Å²) in [6.45, 7) is 7.13. The number of amides is 1. The lowest BCUT2D eigenvalue weighted by molar-refractivity contribution is -0.127. The van der Waals surface area contributed by atoms with Crippen molar-refractivity contribution < 1.29 is 9.53 Å². The number of nitrogens with one attached hydrogen (secondary N) is 2. The molecule has 0 radical (unpaired) electrons. The van der Waals surface area contributed by atoms with Gasteiger partial charge in [0.15, 0.2) is 0 Å². The van der Waals surface area contributed by atoms with E-state index in [0.717, 1.165) is 83.7 Å². The molecule has 9 heteroatoms. The summed E-state index contributed by atoms with van der Waals surface area (Å²) >= 11 is 0. The minimum Gasteiger partial charge on any atom is -0.381 e. The fourth-order valence-electron chi connectivity index (χ4n) is 4.43. The van der Waals surface area contributed by atoms with Gasteiger partial charge in [-0.15, -0.1) is 24.8 Å². The van der Waals surface area contributed by atoms with Crippen LogP contribution in [0.1, 0.15) is 43.5 Å². The van der Waals surface area contributed by atoms with Crippen molar-refractivity contribution in [3.63, 3.8) is 0 Å². The Morgan fingerprint density at radius 2 is 2.04 bits per heavy atom. The topological polar surface area (TPSA) is 71.4 Å². The molecule has 1 amide bonds. The Bertz CT molecular complexity index is 598. The number of fused-ring (bicyclic) bond motifs is 1. The summed E-state index contributed by atoms with van der Waals surface area (Å²) in [5.74, 6) is 0.289. The first-order valence-corrected chi connectivity index (χ1v) is 10.2. The van der Waals surface area contributed by atoms with Crippen molar-refractivity contribution in [3.05, 3.63) is 17.5 Å². The van der Waals surface area contributed by atoms with Crippen LogP contribution in [-0.4, -0.2) is 59.5 Å². The molecule has 0 spiro atoms. The Hall–Kier alpha value is -0.860. The van der Waals surface area contributed by atoms with E-state index in [1.54, 1.807) is 0 Å². The fraction of sp³-hybridized carbons (Fsp3) is 0.789. The van der Waals surface area contributed by atoms with Crippen LogP contribution >= 0.6 is 24.8 Å². The molecule has 2 fully saturated rings. The number of rotatable bonds is 4. The molecule has 7 nitrogen and oxygen atoms in total. The minimum absolute atomic E-state index is 0. The van der Waals surface area contributed by atoms with Crippen LogP contribution in [0.4, 0.5) is 0 Å². The summed E-state index contributed by atoms with van der Waals surface area (Å²) in [5, 5.41) is 11.2. The van der Waals surface area contributed by atoms with Gasteiger partial charge in [-0.2, -0.15) is 5.10 Å². The summed E-state index contributed by atoms with van der Waals surface area (Å²) in [5.41, 5.74) is 2.18. The summed E-state index contributed by atoms with van der Waals surface area (Å²) < 4.78 is 7.55. The van der Waals surface area contributed by atoms with Crippen LogP contribution in [0.2, 0.25) is 0 Å². The smallest absolute Gasteiger partial charge is 0.224 e. The van der Waals surface area contributed by atoms with E-state index < -0.39 is 0 Å². The summed E-state index contributed by atoms with van der Waals surface area (Å²) in [6.07, 6.45) is 5.41. The number of hydrogen-bond acceptors (Lipinski definition) is 5. The molecule has 3 aliphatic rings. The fourth-order valence-corrected chi connectivity index (χ4v) is 4.43. The molecule has 1 aromatic heterocycles. The lowest BCUT2D eigenvalue weighted by Crippen LogP contribution is -2.48. The van der Waals surface area contributed by atoms with Crippen LogP contribution in [0, 0.1) is 5.92 Å². The van der Waals surface area contributed by atoms with Gasteiger partial charge in [0.05, 0.1) is 23.9 Å². The van der Waals surface area contributed by atoms with Gasteiger partial charge in [0.1, 0.15) is 0 Å². The van der Waals surface area contributed by atoms with Crippen molar-refractivity contribution in [2.45, 2.75) is 57.8 Å². The van der Waals surface area contributed by atoms with Crippen LogP contribution in [-0.2, 0) is 29.2 Å². The van der Waals surface area contributed by atoms with Gasteiger partial charge in [-0.1, -0.05) is 0 Å². The van der Waals surface area contributed by atoms with E-state index in [9.17, 15) is 4.79 Å². The lowest BCUT2D eigenvalue weighted by Gasteiger charge is -2.39. The highest BCUT2D eigenvalue weighted by atomic mass is 35.5. The van der Waals surface area contributed by atoms with Crippen molar-refractivity contribution in [2.75, 3.05) is 32.8 Å². The maximum Gasteiger partial charge on any atom is 0.224 e. The number of likely N-dealkylation sites (tertiary alicyclic amines) is 1. The first-order valence-electron chi connectivity index (χ1n) is 10.2. The third-order valence-electron chi connectivity index (χ3n) is 5.92. The molecule has 2 saturated heterocycles. The highest BCUT2D eigenvalue weighted by Gasteiger charge is 2.30. The van der Waals surface area contributed by atoms with Gasteiger partial charge in [-0.25, -0.2) is 0 Å². The van der Waals surface area contributed by atoms with Crippen molar-refractivity contribution in [1.82, 2.24) is 25.3 Å². The van der Waals surface area contributed by atoms with Crippen molar-refractivity contribution in [2.24, 2.45) is 5.92 Å². The predicted octanol–water partition coefficient (Wildman–Crippen LogP) is 1.73. The molecule has 1 unspecified atom stereocenters. The maximum absolute atomic E-state index is 12.7. The van der Waals surface area contributed by atoms with Gasteiger partial charge in [0, 0.05) is 38.9 Å². The predicted molar refractivity (Wildman–Crippen MR) is 113 cm³/mol. The van der Waals surface area contributed by atoms with Gasteiger partial charge in [0.2, 0.25) is 5.91 Å². The number of ether oxygens (including phenoxy) is 1. The van der Waals surface area contributed by atoms with E-state index in [1.165, 1.54) is 5.69 Å². The molecule has 1 aromatic rings. The van der Waals surface area contributed by atoms with Gasteiger partial charge in [-0.05, 0) is 51.3 Å². The number of aromatic nitrogens is 2. The van der Waals surface area contributed by atoms with Crippen LogP contribution in [0.15, 0.2) is 6.07 Å². The number of nitrogens with zero attached hydrogens (tertiary/aromatic N) is 3. The van der Waals surface area contributed by atoms with Crippen LogP contribution in [0.25, 0.3) is 0 Å². The molecule has 1 atom stereocenters. The van der Waals surface area contributed by atoms with Crippen LogP contribution in [0.5, 0.6) is 0 Å². The third-order valence-corrected chi connectivity index (χ3v) is 5.92. The Morgan fingerprint density at radius 3 is 2.86 bits per heavy atom. The quantitative estimate of drug-likeness (QED) is 0.756. The number of carbonyl (C=O) groups is 1. The second kappa shape index (κ2) is 11.4. The largest absolute Gasteiger partial charge is 0.381 e. The van der Waals surface area contributed by atoms with Crippen molar-refractivity contribution in [3.8, 4) is 0 Å². The first kappa shape index (κ1) is 23.4. The summed E-state index contributed by atoms with van der Waals surface area (Å²) in [6, 6.07) is 2.71. The van der Waals surface area contributed by atoms with Crippen molar-refractivity contribution >= 4 is 30.7 Å². The molecule has 160 valence electrons. The van der Waals surface area contributed by atoms with Crippen LogP contribution in [0.3, 0.4) is 0 Å². The molecule has 4 rings (SSSR count). The Kier molecular flexibility index (Phi) is 9.50. The third kappa shape index (κ3) is 5.83. The van der Waals surface area contributed by atoms with E-state index in [4.69, 9.17) is 4.74 Å². The van der Waals surface area contributed by atoms with Gasteiger partial charge in [-0.3, -0.25) is 14.4 Å². The number of carbonyl (C=O) groups excluding carboxylic acids is 1. The Labute approximate surface area is 179 Å². The molecule has 0 saturated carbocycles. The zero-order chi connectivity index (χ0) is 17.8. The first-order chi connectivity index (χ1) is 12.8. The molecule has 0 bridgehead atoms. The van der Waals surface area contributed by atoms with Crippen molar-refractivity contribution in [1.29, 1.82) is 0 Å². The van der Waals surface area contributed by atoms with Gasteiger partial charge >= 0.3 is 0 Å². The number of piperidine rings is 1. The lowest BCUT2D eigenvalue weighted by atomic mass is 9.94. The van der Waals surface area contributed by atoms with Gasteiger partial charge in [0.25, 0.3) is 0 Å². The second-order valence-corrected chi connectivity index (χ2v) is 7.78. The van der Waals surface area contributed by atoms with Gasteiger partial charge < -0.3 is 15.4 Å². The normalized spacial score (nSPS) is 23.6. The molecule has 28 heavy (non-hydrogen) atoms. The van der Waals surface area contributed by atoms with E-state index in [1.807, 2.05) is 0 Å². The second-order valence-electron chi connectivity index (χ2n) is 7.78. The maximum atomic E-state index is 12.7. The Morgan fingerprint density at radius 1 is 1.21 bits per heavy atom. The number of aryl methyl sites for hydroxylation is 1. The zero-order valence-electron chi connectivity index (χ0n) is 16.4. The molecular formula is C19H33Cl2N5O2. The minimum atomic E-state index is 0. The summed E-state index contributed by atoms with van der Waals surface area (Å²) in [4.78, 5) is 15.2.